The maximum atomic E-state index is 13.3. The SMILES string of the molecule is CCOc1cccc(CCCN(C)c2nc(CC(C)F)nc(NC=O)n2)c1. The van der Waals surface area contributed by atoms with Gasteiger partial charge in [-0.3, -0.25) is 10.1 Å². The third-order valence-electron chi connectivity index (χ3n) is 3.83. The van der Waals surface area contributed by atoms with Crippen molar-refractivity contribution in [2.45, 2.75) is 39.3 Å². The summed E-state index contributed by atoms with van der Waals surface area (Å²) in [4.78, 5) is 25.1. The third kappa shape index (κ3) is 6.80. The minimum absolute atomic E-state index is 0.0706. The molecule has 7 nitrogen and oxygen atoms in total. The fourth-order valence-electron chi connectivity index (χ4n) is 2.62. The number of aryl methyl sites for hydroxylation is 1. The lowest BCUT2D eigenvalue weighted by atomic mass is 10.1. The fraction of sp³-hybridized carbons (Fsp3) is 0.474. The van der Waals surface area contributed by atoms with Crippen molar-refractivity contribution >= 4 is 18.3 Å². The first-order valence-electron chi connectivity index (χ1n) is 9.04. The van der Waals surface area contributed by atoms with Crippen LogP contribution in [-0.2, 0) is 17.6 Å². The molecule has 0 spiro atoms. The maximum absolute atomic E-state index is 13.3. The zero-order valence-electron chi connectivity index (χ0n) is 16.0. The minimum atomic E-state index is -1.08. The lowest BCUT2D eigenvalue weighted by molar-refractivity contribution is -0.105. The van der Waals surface area contributed by atoms with Gasteiger partial charge in [0.1, 0.15) is 17.7 Å². The Morgan fingerprint density at radius 3 is 2.85 bits per heavy atom. The van der Waals surface area contributed by atoms with Gasteiger partial charge in [-0.1, -0.05) is 12.1 Å². The van der Waals surface area contributed by atoms with Crippen molar-refractivity contribution in [2.75, 3.05) is 30.4 Å². The molecule has 27 heavy (non-hydrogen) atoms. The molecule has 0 aliphatic carbocycles. The van der Waals surface area contributed by atoms with E-state index in [2.05, 4.69) is 26.3 Å². The van der Waals surface area contributed by atoms with Gasteiger partial charge < -0.3 is 9.64 Å². The van der Waals surface area contributed by atoms with Gasteiger partial charge in [-0.05, 0) is 44.4 Å². The Labute approximate surface area is 159 Å². The van der Waals surface area contributed by atoms with Crippen LogP contribution < -0.4 is 15.0 Å². The summed E-state index contributed by atoms with van der Waals surface area (Å²) < 4.78 is 18.8. The van der Waals surface area contributed by atoms with E-state index in [4.69, 9.17) is 4.74 Å². The molecule has 1 amide bonds. The number of carbonyl (C=O) groups excluding carboxylic acids is 1. The van der Waals surface area contributed by atoms with Crippen LogP contribution in [0.4, 0.5) is 16.3 Å². The summed E-state index contributed by atoms with van der Waals surface area (Å²) in [5, 5.41) is 2.41. The van der Waals surface area contributed by atoms with E-state index >= 15 is 0 Å². The molecule has 0 fully saturated rings. The number of halogens is 1. The zero-order valence-corrected chi connectivity index (χ0v) is 16.0. The summed E-state index contributed by atoms with van der Waals surface area (Å²) in [5.74, 6) is 1.72. The van der Waals surface area contributed by atoms with Crippen LogP contribution in [0.15, 0.2) is 24.3 Å². The van der Waals surface area contributed by atoms with E-state index in [-0.39, 0.29) is 12.4 Å². The first kappa shape index (κ1) is 20.5. The van der Waals surface area contributed by atoms with Crippen LogP contribution >= 0.6 is 0 Å². The number of aromatic nitrogens is 3. The van der Waals surface area contributed by atoms with Gasteiger partial charge in [0.25, 0.3) is 0 Å². The van der Waals surface area contributed by atoms with Gasteiger partial charge in [-0.2, -0.15) is 15.0 Å². The average molecular weight is 375 g/mol. The monoisotopic (exact) mass is 375 g/mol. The van der Waals surface area contributed by atoms with Crippen LogP contribution in [0.1, 0.15) is 31.7 Å². The lowest BCUT2D eigenvalue weighted by Crippen LogP contribution is -2.23. The highest BCUT2D eigenvalue weighted by Gasteiger charge is 2.12. The van der Waals surface area contributed by atoms with E-state index in [1.165, 1.54) is 12.5 Å². The van der Waals surface area contributed by atoms with E-state index < -0.39 is 6.17 Å². The van der Waals surface area contributed by atoms with Crippen LogP contribution in [0.25, 0.3) is 0 Å². The molecule has 2 aromatic rings. The van der Waals surface area contributed by atoms with Crippen LogP contribution in [0.2, 0.25) is 0 Å². The summed E-state index contributed by atoms with van der Waals surface area (Å²) in [6.07, 6.45) is 1.24. The molecule has 1 aromatic carbocycles. The Morgan fingerprint density at radius 1 is 1.33 bits per heavy atom. The van der Waals surface area contributed by atoms with Gasteiger partial charge in [0, 0.05) is 20.0 Å². The summed E-state index contributed by atoms with van der Waals surface area (Å²) in [5.41, 5.74) is 1.19. The van der Waals surface area contributed by atoms with Crippen molar-refractivity contribution in [1.82, 2.24) is 15.0 Å². The predicted octanol–water partition coefficient (Wildman–Crippen LogP) is 2.81. The largest absolute Gasteiger partial charge is 0.494 e. The number of anilines is 2. The summed E-state index contributed by atoms with van der Waals surface area (Å²) in [7, 11) is 1.86. The summed E-state index contributed by atoms with van der Waals surface area (Å²) in [6.45, 7) is 4.75. The normalized spacial score (nSPS) is 11.7. The van der Waals surface area contributed by atoms with E-state index in [0.717, 1.165) is 18.6 Å². The zero-order chi connectivity index (χ0) is 19.6. The molecule has 1 aromatic heterocycles. The molecule has 0 aliphatic heterocycles. The molecule has 1 heterocycles. The average Bonchev–Trinajstić information content (AvgIpc) is 2.62. The fourth-order valence-corrected chi connectivity index (χ4v) is 2.62. The number of rotatable bonds is 11. The molecule has 1 N–H and O–H groups in total. The number of nitrogens with zero attached hydrogens (tertiary/aromatic N) is 4. The van der Waals surface area contributed by atoms with Crippen molar-refractivity contribution in [3.8, 4) is 5.75 Å². The smallest absolute Gasteiger partial charge is 0.234 e. The molecule has 1 unspecified atom stereocenters. The van der Waals surface area contributed by atoms with E-state index in [9.17, 15) is 9.18 Å². The van der Waals surface area contributed by atoms with Crippen molar-refractivity contribution in [3.05, 3.63) is 35.7 Å². The second-order valence-electron chi connectivity index (χ2n) is 6.23. The van der Waals surface area contributed by atoms with Crippen LogP contribution in [0.3, 0.4) is 0 Å². The third-order valence-corrected chi connectivity index (χ3v) is 3.83. The predicted molar refractivity (Wildman–Crippen MR) is 103 cm³/mol. The molecule has 0 saturated carbocycles. The number of ether oxygens (including phenoxy) is 1. The molecule has 1 atom stereocenters. The second kappa shape index (κ2) is 10.4. The van der Waals surface area contributed by atoms with E-state index in [1.54, 1.807) is 0 Å². The van der Waals surface area contributed by atoms with Crippen LogP contribution in [0.5, 0.6) is 5.75 Å². The molecule has 146 valence electrons. The molecule has 0 bridgehead atoms. The Kier molecular flexibility index (Phi) is 7.91. The lowest BCUT2D eigenvalue weighted by Gasteiger charge is -2.18. The van der Waals surface area contributed by atoms with Crippen molar-refractivity contribution in [3.63, 3.8) is 0 Å². The van der Waals surface area contributed by atoms with Gasteiger partial charge in [0.05, 0.1) is 6.61 Å². The van der Waals surface area contributed by atoms with Crippen molar-refractivity contribution in [2.24, 2.45) is 0 Å². The molecule has 0 aliphatic rings. The second-order valence-corrected chi connectivity index (χ2v) is 6.23. The van der Waals surface area contributed by atoms with Gasteiger partial charge in [0.2, 0.25) is 18.3 Å². The number of hydrogen-bond donors (Lipinski definition) is 1. The van der Waals surface area contributed by atoms with Crippen LogP contribution in [-0.4, -0.2) is 47.7 Å². The highest BCUT2D eigenvalue weighted by atomic mass is 19.1. The number of benzene rings is 1. The van der Waals surface area contributed by atoms with E-state index in [1.807, 2.05) is 37.1 Å². The van der Waals surface area contributed by atoms with Gasteiger partial charge in [-0.15, -0.1) is 0 Å². The minimum Gasteiger partial charge on any atom is -0.494 e. The molecular formula is C19H26FN5O2. The van der Waals surface area contributed by atoms with Crippen LogP contribution in [0, 0.1) is 0 Å². The number of amides is 1. The topological polar surface area (TPSA) is 80.2 Å². The number of carbonyl (C=O) groups is 1. The maximum Gasteiger partial charge on any atom is 0.234 e. The standard InChI is InChI=1S/C19H26FN5O2/c1-4-27-16-9-5-7-15(12-16)8-6-10-25(3)19-23-17(11-14(2)20)22-18(24-19)21-13-26/h5,7,9,12-14H,4,6,8,10-11H2,1-3H3,(H,21,22,23,24,26). The quantitative estimate of drug-likeness (QED) is 0.609. The molecular weight excluding hydrogens is 349 g/mol. The Balaban J connectivity index is 1.99. The Morgan fingerprint density at radius 2 is 2.15 bits per heavy atom. The molecule has 2 rings (SSSR count). The van der Waals surface area contributed by atoms with Gasteiger partial charge in [-0.25, -0.2) is 4.39 Å². The molecule has 0 saturated heterocycles. The van der Waals surface area contributed by atoms with E-state index in [0.29, 0.717) is 31.3 Å². The van der Waals surface area contributed by atoms with Gasteiger partial charge >= 0.3 is 0 Å². The highest BCUT2D eigenvalue weighted by Crippen LogP contribution is 2.16. The first-order valence-corrected chi connectivity index (χ1v) is 9.04. The Bertz CT molecular complexity index is 742. The highest BCUT2D eigenvalue weighted by molar-refractivity contribution is 5.66. The number of hydrogen-bond acceptors (Lipinski definition) is 6. The molecule has 8 heteroatoms. The number of nitrogens with one attached hydrogen (secondary N) is 1. The molecule has 0 radical (unpaired) electrons. The van der Waals surface area contributed by atoms with Gasteiger partial charge in [0.15, 0.2) is 0 Å². The van der Waals surface area contributed by atoms with Crippen molar-refractivity contribution in [1.29, 1.82) is 0 Å². The Hall–Kier alpha value is -2.77. The number of alkyl halides is 1. The summed E-state index contributed by atoms with van der Waals surface area (Å²) in [6, 6.07) is 8.04. The first-order chi connectivity index (χ1) is 13.0. The summed E-state index contributed by atoms with van der Waals surface area (Å²) >= 11 is 0. The van der Waals surface area contributed by atoms with Crippen molar-refractivity contribution < 1.29 is 13.9 Å².